The van der Waals surface area contributed by atoms with Crippen LogP contribution in [0.25, 0.3) is 11.4 Å². The molecule has 3 aromatic carbocycles. The van der Waals surface area contributed by atoms with Gasteiger partial charge in [-0.1, -0.05) is 54.6 Å². The number of likely N-dealkylation sites (tertiary alicyclic amines) is 1. The van der Waals surface area contributed by atoms with Gasteiger partial charge < -0.3 is 9.84 Å². The Labute approximate surface area is 177 Å². The van der Waals surface area contributed by atoms with Crippen LogP contribution in [0.15, 0.2) is 78.9 Å². The lowest BCUT2D eigenvalue weighted by molar-refractivity contribution is 0.238. The number of halogens is 1. The van der Waals surface area contributed by atoms with Crippen molar-refractivity contribution in [1.82, 2.24) is 4.90 Å². The molecule has 0 aromatic heterocycles. The number of hydrogen-bond acceptors (Lipinski definition) is 3. The summed E-state index contributed by atoms with van der Waals surface area (Å²) in [6.07, 6.45) is 2.54. The summed E-state index contributed by atoms with van der Waals surface area (Å²) < 4.78 is 21.4. The van der Waals surface area contributed by atoms with Crippen LogP contribution in [0.1, 0.15) is 29.5 Å². The summed E-state index contributed by atoms with van der Waals surface area (Å²) in [4.78, 5) is 2.41. The zero-order valence-electron chi connectivity index (χ0n) is 16.9. The Hall–Kier alpha value is -3.11. The van der Waals surface area contributed by atoms with Crippen molar-refractivity contribution in [2.24, 2.45) is 0 Å². The van der Waals surface area contributed by atoms with E-state index in [0.717, 1.165) is 30.9 Å². The van der Waals surface area contributed by atoms with Gasteiger partial charge in [0.25, 0.3) is 0 Å². The van der Waals surface area contributed by atoms with E-state index < -0.39 is 0 Å². The molecule has 1 heterocycles. The van der Waals surface area contributed by atoms with Crippen LogP contribution >= 0.6 is 0 Å². The molecule has 1 saturated heterocycles. The molecule has 4 rings (SSSR count). The van der Waals surface area contributed by atoms with Crippen molar-refractivity contribution in [1.29, 1.82) is 0 Å². The zero-order valence-corrected chi connectivity index (χ0v) is 16.9. The van der Waals surface area contributed by atoms with Crippen LogP contribution in [0, 0.1) is 0 Å². The molecule has 0 bridgehead atoms. The molecule has 0 amide bonds. The van der Waals surface area contributed by atoms with Gasteiger partial charge in [0.15, 0.2) is 0 Å². The third-order valence-electron chi connectivity index (χ3n) is 5.42. The first kappa shape index (κ1) is 20.2. The fraction of sp³-hybridized carbons (Fsp3) is 0.231. The minimum atomic E-state index is -0.302. The first-order valence-corrected chi connectivity index (χ1v) is 10.4. The van der Waals surface area contributed by atoms with E-state index in [-0.39, 0.29) is 11.6 Å². The molecule has 1 fully saturated rings. The average Bonchev–Trinajstić information content (AvgIpc) is 3.30. The van der Waals surface area contributed by atoms with Gasteiger partial charge >= 0.3 is 0 Å². The van der Waals surface area contributed by atoms with Gasteiger partial charge in [0, 0.05) is 17.7 Å². The molecular weight excluding hydrogens is 377 g/mol. The van der Waals surface area contributed by atoms with E-state index in [4.69, 9.17) is 4.74 Å². The van der Waals surface area contributed by atoms with Crippen LogP contribution in [0.4, 0.5) is 4.39 Å². The summed E-state index contributed by atoms with van der Waals surface area (Å²) in [6, 6.07) is 23.2. The third kappa shape index (κ3) is 4.89. The second-order valence-corrected chi connectivity index (χ2v) is 7.52. The van der Waals surface area contributed by atoms with E-state index in [9.17, 15) is 5.11 Å². The number of benzene rings is 3. The Balaban J connectivity index is 1.58. The van der Waals surface area contributed by atoms with Gasteiger partial charge in [-0.2, -0.15) is 0 Å². The van der Waals surface area contributed by atoms with Crippen molar-refractivity contribution in [3.63, 3.8) is 0 Å². The van der Waals surface area contributed by atoms with Gasteiger partial charge in [-0.3, -0.25) is 4.90 Å². The van der Waals surface area contributed by atoms with E-state index >= 15 is 4.39 Å². The van der Waals surface area contributed by atoms with Gasteiger partial charge in [0.1, 0.15) is 23.9 Å². The maximum Gasteiger partial charge on any atom is 0.138 e. The summed E-state index contributed by atoms with van der Waals surface area (Å²) in [5.74, 6) is 0.632. The summed E-state index contributed by atoms with van der Waals surface area (Å²) in [6.45, 7) is 3.89. The predicted octanol–water partition coefficient (Wildman–Crippen LogP) is 5.75. The molecule has 1 aliphatic rings. The van der Waals surface area contributed by atoms with Gasteiger partial charge in [-0.15, -0.1) is 0 Å². The smallest absolute Gasteiger partial charge is 0.138 e. The maximum atomic E-state index is 15.5. The summed E-state index contributed by atoms with van der Waals surface area (Å²) >= 11 is 0. The summed E-state index contributed by atoms with van der Waals surface area (Å²) in [5, 5.41) is 9.63. The lowest BCUT2D eigenvalue weighted by Gasteiger charge is -2.15. The largest absolute Gasteiger partial charge is 0.508 e. The third-order valence-corrected chi connectivity index (χ3v) is 5.42. The van der Waals surface area contributed by atoms with Crippen LogP contribution in [0.2, 0.25) is 0 Å². The van der Waals surface area contributed by atoms with Crippen molar-refractivity contribution in [3.05, 3.63) is 95.6 Å². The highest BCUT2D eigenvalue weighted by Gasteiger charge is 2.15. The Morgan fingerprint density at radius 2 is 1.40 bits per heavy atom. The summed E-state index contributed by atoms with van der Waals surface area (Å²) in [7, 11) is 0. The normalized spacial score (nSPS) is 15.1. The van der Waals surface area contributed by atoms with E-state index in [1.165, 1.54) is 12.8 Å². The van der Waals surface area contributed by atoms with E-state index in [1.807, 2.05) is 42.5 Å². The Bertz CT molecular complexity index is 976. The molecule has 1 N–H and O–H groups in total. The monoisotopic (exact) mass is 403 g/mol. The Morgan fingerprint density at radius 1 is 0.800 bits per heavy atom. The molecule has 0 saturated carbocycles. The second kappa shape index (κ2) is 9.59. The van der Waals surface area contributed by atoms with Gasteiger partial charge in [0.05, 0.1) is 0 Å². The fourth-order valence-electron chi connectivity index (χ4n) is 3.79. The number of phenolic OH excluding ortho intramolecular Hbond substituents is 1. The van der Waals surface area contributed by atoms with Crippen molar-refractivity contribution < 1.29 is 14.2 Å². The molecule has 1 aliphatic heterocycles. The number of aromatic hydroxyl groups is 1. The average molecular weight is 403 g/mol. The maximum absolute atomic E-state index is 15.5. The lowest BCUT2D eigenvalue weighted by Crippen LogP contribution is -2.25. The Kier molecular flexibility index (Phi) is 6.45. The lowest BCUT2D eigenvalue weighted by atomic mass is 9.94. The SMILES string of the molecule is Oc1ccc(/C(=C(\F)c2ccccc2)c2ccc(OCCN3CCCC3)cc2)cc1. The molecule has 30 heavy (non-hydrogen) atoms. The first-order valence-electron chi connectivity index (χ1n) is 10.4. The molecule has 0 aliphatic carbocycles. The zero-order chi connectivity index (χ0) is 20.8. The molecule has 0 atom stereocenters. The van der Waals surface area contributed by atoms with E-state index in [1.54, 1.807) is 36.4 Å². The van der Waals surface area contributed by atoms with E-state index in [2.05, 4.69) is 4.90 Å². The fourth-order valence-corrected chi connectivity index (χ4v) is 3.79. The van der Waals surface area contributed by atoms with Crippen molar-refractivity contribution in [3.8, 4) is 11.5 Å². The second-order valence-electron chi connectivity index (χ2n) is 7.52. The molecule has 154 valence electrons. The highest BCUT2D eigenvalue weighted by molar-refractivity contribution is 5.95. The number of hydrogen-bond donors (Lipinski definition) is 1. The highest BCUT2D eigenvalue weighted by atomic mass is 19.1. The van der Waals surface area contributed by atoms with Crippen LogP contribution in [-0.4, -0.2) is 36.2 Å². The van der Waals surface area contributed by atoms with Crippen LogP contribution in [-0.2, 0) is 0 Å². The predicted molar refractivity (Wildman–Crippen MR) is 119 cm³/mol. The summed E-state index contributed by atoms with van der Waals surface area (Å²) in [5.41, 5.74) is 2.47. The number of nitrogens with zero attached hydrogens (tertiary/aromatic N) is 1. The number of rotatable bonds is 7. The molecule has 3 nitrogen and oxygen atoms in total. The van der Waals surface area contributed by atoms with Crippen LogP contribution in [0.3, 0.4) is 0 Å². The number of ether oxygens (including phenoxy) is 1. The van der Waals surface area contributed by atoms with E-state index in [0.29, 0.717) is 23.3 Å². The highest BCUT2D eigenvalue weighted by Crippen LogP contribution is 2.34. The minimum absolute atomic E-state index is 0.153. The van der Waals surface area contributed by atoms with Gasteiger partial charge in [0.2, 0.25) is 0 Å². The van der Waals surface area contributed by atoms with Gasteiger partial charge in [-0.05, 0) is 61.3 Å². The molecule has 0 unspecified atom stereocenters. The van der Waals surface area contributed by atoms with Gasteiger partial charge in [-0.25, -0.2) is 4.39 Å². The van der Waals surface area contributed by atoms with Crippen LogP contribution < -0.4 is 4.74 Å². The molecule has 0 radical (unpaired) electrons. The minimum Gasteiger partial charge on any atom is -0.508 e. The molecule has 4 heteroatoms. The first-order chi connectivity index (χ1) is 14.7. The number of phenols is 1. The van der Waals surface area contributed by atoms with Crippen molar-refractivity contribution in [2.45, 2.75) is 12.8 Å². The molecule has 3 aromatic rings. The standard InChI is InChI=1S/C26H26FNO2/c27-26(22-6-2-1-3-7-22)25(20-8-12-23(29)13-9-20)21-10-14-24(15-11-21)30-19-18-28-16-4-5-17-28/h1-3,6-15,29H,4-5,16-19H2/b26-25+. The van der Waals surface area contributed by atoms with Crippen molar-refractivity contribution in [2.75, 3.05) is 26.2 Å². The quantitative estimate of drug-likeness (QED) is 0.510. The topological polar surface area (TPSA) is 32.7 Å². The van der Waals surface area contributed by atoms with Crippen LogP contribution in [0.5, 0.6) is 11.5 Å². The Morgan fingerprint density at radius 3 is 2.03 bits per heavy atom. The molecule has 0 spiro atoms. The van der Waals surface area contributed by atoms with Crippen molar-refractivity contribution >= 4 is 11.4 Å². The molecular formula is C26H26FNO2.